The van der Waals surface area contributed by atoms with E-state index in [0.717, 1.165) is 18.4 Å². The van der Waals surface area contributed by atoms with Gasteiger partial charge >= 0.3 is 0 Å². The number of fused-ring (bicyclic) bond motifs is 1. The number of carbonyl (C=O) groups excluding carboxylic acids is 1. The van der Waals surface area contributed by atoms with E-state index in [-0.39, 0.29) is 25.0 Å². The molecule has 1 aliphatic carbocycles. The van der Waals surface area contributed by atoms with Gasteiger partial charge in [0.15, 0.2) is 11.6 Å². The van der Waals surface area contributed by atoms with Gasteiger partial charge in [-0.2, -0.15) is 0 Å². The lowest BCUT2D eigenvalue weighted by atomic mass is 9.81. The van der Waals surface area contributed by atoms with E-state index in [1.165, 1.54) is 11.1 Å². The first kappa shape index (κ1) is 29.9. The Kier molecular flexibility index (Phi) is 9.07. The first-order valence-electron chi connectivity index (χ1n) is 15.0. The van der Waals surface area contributed by atoms with Gasteiger partial charge < -0.3 is 14.6 Å². The highest BCUT2D eigenvalue weighted by molar-refractivity contribution is 6.01. The van der Waals surface area contributed by atoms with Crippen molar-refractivity contribution in [1.82, 2.24) is 10.9 Å². The molecule has 45 heavy (non-hydrogen) atoms. The highest BCUT2D eigenvalue weighted by atomic mass is 16.5. The molecular weight excluding hydrogens is 568 g/mol. The van der Waals surface area contributed by atoms with Crippen molar-refractivity contribution in [1.29, 1.82) is 0 Å². The normalized spacial score (nSPS) is 18.8. The maximum atomic E-state index is 14.5. The molecule has 0 radical (unpaired) electrons. The molecule has 3 N–H and O–H groups in total. The Hall–Kier alpha value is -5.15. The van der Waals surface area contributed by atoms with Crippen LogP contribution in [-0.2, 0) is 28.8 Å². The molecule has 4 aromatic carbocycles. The molecule has 1 amide bonds. The fourth-order valence-corrected chi connectivity index (χ4v) is 5.94. The van der Waals surface area contributed by atoms with E-state index in [4.69, 9.17) is 19.6 Å². The van der Waals surface area contributed by atoms with Gasteiger partial charge in [0.05, 0.1) is 6.61 Å². The van der Waals surface area contributed by atoms with Gasteiger partial charge in [0.25, 0.3) is 5.91 Å². The Bertz CT molecular complexity index is 1700. The minimum absolute atomic E-state index is 0.0261. The predicted octanol–water partition coefficient (Wildman–Crippen LogP) is 5.68. The number of hydrazine groups is 1. The summed E-state index contributed by atoms with van der Waals surface area (Å²) < 4.78 is 12.3. The number of rotatable bonds is 12. The van der Waals surface area contributed by atoms with Crippen molar-refractivity contribution in [2.45, 2.75) is 43.4 Å². The average Bonchev–Trinajstić information content (AvgIpc) is 3.68. The summed E-state index contributed by atoms with van der Waals surface area (Å²) in [7, 11) is 0. The van der Waals surface area contributed by atoms with Crippen LogP contribution in [0.15, 0.2) is 113 Å². The first-order valence-corrected chi connectivity index (χ1v) is 15.0. The number of nitrogens with zero attached hydrogens (tertiary/aromatic N) is 4. The third-order valence-corrected chi connectivity index (χ3v) is 8.18. The zero-order valence-corrected chi connectivity index (χ0v) is 24.7. The molecular formula is C35H34N6O4. The van der Waals surface area contributed by atoms with E-state index < -0.39 is 11.6 Å². The summed E-state index contributed by atoms with van der Waals surface area (Å²) in [6.45, 7) is 0.454. The summed E-state index contributed by atoms with van der Waals surface area (Å²) >= 11 is 0. The number of hydrogen-bond donors (Lipinski definition) is 3. The molecule has 6 rings (SSSR count). The molecule has 0 saturated carbocycles. The Morgan fingerprint density at radius 2 is 1.67 bits per heavy atom. The quantitative estimate of drug-likeness (QED) is 0.0629. The van der Waals surface area contributed by atoms with Gasteiger partial charge in [-0.3, -0.25) is 10.2 Å². The molecule has 4 aromatic rings. The monoisotopic (exact) mass is 602 g/mol. The molecule has 1 aliphatic heterocycles. The first-order chi connectivity index (χ1) is 22.1. The van der Waals surface area contributed by atoms with E-state index >= 15 is 0 Å². The average molecular weight is 603 g/mol. The zero-order valence-electron chi connectivity index (χ0n) is 24.7. The second-order valence-corrected chi connectivity index (χ2v) is 11.2. The molecule has 10 nitrogen and oxygen atoms in total. The zero-order chi connectivity index (χ0) is 31.1. The Morgan fingerprint density at radius 3 is 2.38 bits per heavy atom. The molecule has 0 spiro atoms. The second kappa shape index (κ2) is 13.7. The lowest BCUT2D eigenvalue weighted by Crippen LogP contribution is -2.56. The molecule has 228 valence electrons. The van der Waals surface area contributed by atoms with Gasteiger partial charge in [-0.25, -0.2) is 10.4 Å². The van der Waals surface area contributed by atoms with E-state index in [2.05, 4.69) is 33.0 Å². The van der Waals surface area contributed by atoms with Crippen LogP contribution >= 0.6 is 0 Å². The van der Waals surface area contributed by atoms with Crippen molar-refractivity contribution in [3.05, 3.63) is 141 Å². The van der Waals surface area contributed by atoms with Crippen molar-refractivity contribution < 1.29 is 19.4 Å². The van der Waals surface area contributed by atoms with E-state index in [0.29, 0.717) is 41.5 Å². The fourth-order valence-electron chi connectivity index (χ4n) is 5.94. The van der Waals surface area contributed by atoms with E-state index in [1.54, 1.807) is 12.1 Å². The second-order valence-electron chi connectivity index (χ2n) is 11.2. The van der Waals surface area contributed by atoms with Gasteiger partial charge in [-0.05, 0) is 64.9 Å². The largest absolute Gasteiger partial charge is 0.494 e. The van der Waals surface area contributed by atoms with Gasteiger partial charge in [0.2, 0.25) is 5.90 Å². The van der Waals surface area contributed by atoms with Crippen molar-refractivity contribution >= 4 is 17.5 Å². The summed E-state index contributed by atoms with van der Waals surface area (Å²) in [6.07, 6.45) is 1.46. The molecule has 0 bridgehead atoms. The Balaban J connectivity index is 1.37. The number of benzene rings is 4. The van der Waals surface area contributed by atoms with Crippen LogP contribution in [0.1, 0.15) is 40.3 Å². The highest BCUT2D eigenvalue weighted by Crippen LogP contribution is 2.43. The summed E-state index contributed by atoms with van der Waals surface area (Å²) in [5.74, 6) is 0.608. The van der Waals surface area contributed by atoms with Crippen LogP contribution in [0, 0.1) is 0 Å². The maximum Gasteiger partial charge on any atom is 0.266 e. The van der Waals surface area contributed by atoms with Crippen LogP contribution in [-0.4, -0.2) is 41.7 Å². The number of azide groups is 1. The van der Waals surface area contributed by atoms with Gasteiger partial charge in [-0.1, -0.05) is 84.0 Å². The summed E-state index contributed by atoms with van der Waals surface area (Å²) in [4.78, 5) is 22.6. The molecule has 0 saturated heterocycles. The van der Waals surface area contributed by atoms with Crippen LogP contribution in [0.3, 0.4) is 0 Å². The number of carbonyl (C=O) groups is 1. The Labute approximate surface area is 261 Å². The molecule has 0 fully saturated rings. The third-order valence-electron chi connectivity index (χ3n) is 8.18. The van der Waals surface area contributed by atoms with Crippen LogP contribution in [0.5, 0.6) is 5.75 Å². The lowest BCUT2D eigenvalue weighted by Gasteiger charge is -2.31. The molecule has 1 heterocycles. The van der Waals surface area contributed by atoms with Crippen molar-refractivity contribution in [3.8, 4) is 5.75 Å². The minimum atomic E-state index is -1.45. The highest BCUT2D eigenvalue weighted by Gasteiger charge is 2.53. The van der Waals surface area contributed by atoms with Crippen molar-refractivity contribution in [2.75, 3.05) is 13.2 Å². The van der Waals surface area contributed by atoms with E-state index in [1.807, 2.05) is 78.9 Å². The summed E-state index contributed by atoms with van der Waals surface area (Å²) in [5.41, 5.74) is 19.2. The van der Waals surface area contributed by atoms with Crippen LogP contribution in [0.2, 0.25) is 0 Å². The third kappa shape index (κ3) is 6.53. The number of aliphatic hydroxyl groups is 1. The predicted molar refractivity (Wildman–Crippen MR) is 171 cm³/mol. The number of nitrogens with one attached hydrogen (secondary N) is 2. The van der Waals surface area contributed by atoms with E-state index in [9.17, 15) is 10.3 Å². The van der Waals surface area contributed by atoms with Crippen LogP contribution in [0.4, 0.5) is 5.69 Å². The van der Waals surface area contributed by atoms with Crippen molar-refractivity contribution in [2.24, 2.45) is 10.1 Å². The maximum absolute atomic E-state index is 14.5. The minimum Gasteiger partial charge on any atom is -0.494 e. The van der Waals surface area contributed by atoms with Crippen LogP contribution in [0.25, 0.3) is 10.4 Å². The summed E-state index contributed by atoms with van der Waals surface area (Å²) in [5, 5.41) is 13.0. The molecule has 2 atom stereocenters. The summed E-state index contributed by atoms with van der Waals surface area (Å²) in [6, 6.07) is 32.4. The molecule has 10 heteroatoms. The van der Waals surface area contributed by atoms with Gasteiger partial charge in [0, 0.05) is 41.7 Å². The lowest BCUT2D eigenvalue weighted by molar-refractivity contribution is -0.130. The molecule has 0 aromatic heterocycles. The number of ether oxygens (including phenoxy) is 2. The number of aliphatic hydroxyl groups excluding tert-OH is 1. The van der Waals surface area contributed by atoms with Crippen LogP contribution < -0.4 is 15.6 Å². The molecule has 0 unspecified atom stereocenters. The fraction of sp³-hybridized carbons (Fsp3) is 0.257. The topological polar surface area (TPSA) is 141 Å². The number of aliphatic imine (C=N–C) groups is 1. The number of hydrogen-bond acceptors (Lipinski definition) is 7. The molecule has 2 aliphatic rings. The van der Waals surface area contributed by atoms with Gasteiger partial charge in [0.1, 0.15) is 5.75 Å². The SMILES string of the molecule is [N-]=[N+]=Nc1ccccc1C[C@]1(C(=O)NNC2Cc3ccccc3C2)N=C(c2ccc(OCCCO)cc2)O[C@H]1c1ccccc1. The number of amides is 1. The van der Waals surface area contributed by atoms with Crippen molar-refractivity contribution in [3.63, 3.8) is 0 Å². The smallest absolute Gasteiger partial charge is 0.266 e. The Morgan fingerprint density at radius 1 is 0.978 bits per heavy atom. The van der Waals surface area contributed by atoms with Gasteiger partial charge in [-0.15, -0.1) is 0 Å². The standard InChI is InChI=1S/C35H34N6O4/c36-41-39-31-14-7-6-13-28(31)23-35(34(43)40-38-29-21-26-11-4-5-12-27(26)22-29)32(24-9-2-1-3-10-24)45-33(37-35)25-15-17-30(18-16-25)44-20-8-19-42/h1-7,9-18,29,32,38,42H,8,19-23H2,(H,40,43)/t32-,35-/m0/s1.